The highest BCUT2D eigenvalue weighted by Gasteiger charge is 2.02. The maximum Gasteiger partial charge on any atom is 0.0621 e. The van der Waals surface area contributed by atoms with E-state index in [0.717, 1.165) is 12.8 Å². The zero-order chi connectivity index (χ0) is 11.5. The fourth-order valence-corrected chi connectivity index (χ4v) is 1.43. The molecule has 0 N–H and O–H groups in total. The Bertz CT molecular complexity index is 271. The Morgan fingerprint density at radius 2 is 1.80 bits per heavy atom. The summed E-state index contributed by atoms with van der Waals surface area (Å²) in [5, 5.41) is 8.43. The largest absolute Gasteiger partial charge is 0.198 e. The van der Waals surface area contributed by atoms with Crippen LogP contribution in [0.4, 0.5) is 0 Å². The maximum atomic E-state index is 8.43. The molecule has 1 unspecified atom stereocenters. The zero-order valence-corrected chi connectivity index (χ0v) is 10.0. The minimum atomic E-state index is 0.613. The van der Waals surface area contributed by atoms with Crippen molar-refractivity contribution in [3.05, 3.63) is 35.9 Å². The smallest absolute Gasteiger partial charge is 0.0621 e. The lowest BCUT2D eigenvalue weighted by atomic mass is 9.97. The summed E-state index contributed by atoms with van der Waals surface area (Å²) in [6.07, 6.45) is 2.77. The summed E-state index contributed by atoms with van der Waals surface area (Å²) in [6, 6.07) is 12.6. The molecule has 82 valence electrons. The van der Waals surface area contributed by atoms with Crippen LogP contribution in [0.5, 0.6) is 0 Å². The van der Waals surface area contributed by atoms with E-state index in [0.29, 0.717) is 12.3 Å². The molecule has 0 bridgehead atoms. The van der Waals surface area contributed by atoms with E-state index in [4.69, 9.17) is 5.26 Å². The van der Waals surface area contributed by atoms with Crippen LogP contribution in [0.15, 0.2) is 30.3 Å². The third-order valence-electron chi connectivity index (χ3n) is 2.18. The summed E-state index contributed by atoms with van der Waals surface area (Å²) in [4.78, 5) is 0. The number of rotatable bonds is 4. The molecule has 0 amide bonds. The molecule has 0 aliphatic heterocycles. The van der Waals surface area contributed by atoms with Gasteiger partial charge in [0.15, 0.2) is 0 Å². The van der Waals surface area contributed by atoms with Crippen molar-refractivity contribution in [3.63, 3.8) is 0 Å². The van der Waals surface area contributed by atoms with Crippen molar-refractivity contribution in [2.45, 2.75) is 40.0 Å². The number of nitriles is 1. The average molecular weight is 203 g/mol. The van der Waals surface area contributed by atoms with Crippen molar-refractivity contribution >= 4 is 0 Å². The first-order chi connectivity index (χ1) is 7.33. The Balaban J connectivity index is 0.000000921. The van der Waals surface area contributed by atoms with Crippen molar-refractivity contribution in [3.8, 4) is 6.07 Å². The lowest BCUT2D eigenvalue weighted by molar-refractivity contribution is 0.539. The zero-order valence-electron chi connectivity index (χ0n) is 10.0. The van der Waals surface area contributed by atoms with Gasteiger partial charge < -0.3 is 0 Å². The summed E-state index contributed by atoms with van der Waals surface area (Å²) in [7, 11) is 0. The molecule has 0 radical (unpaired) electrons. The number of hydrogen-bond donors (Lipinski definition) is 0. The monoisotopic (exact) mass is 203 g/mol. The standard InChI is InChI=1S/C12H15N.C2H6/c1-11(6-5-9-13)10-12-7-3-2-4-8-12;1-2/h2-4,7-8,11H,5-6,10H2,1H3;1-2H3. The van der Waals surface area contributed by atoms with Crippen LogP contribution in [-0.4, -0.2) is 0 Å². The van der Waals surface area contributed by atoms with Crippen LogP contribution in [0.3, 0.4) is 0 Å². The van der Waals surface area contributed by atoms with Gasteiger partial charge in [-0.1, -0.05) is 51.1 Å². The van der Waals surface area contributed by atoms with Crippen LogP contribution in [0, 0.1) is 17.2 Å². The molecule has 0 aromatic heterocycles. The van der Waals surface area contributed by atoms with E-state index in [1.54, 1.807) is 0 Å². The van der Waals surface area contributed by atoms with E-state index in [1.165, 1.54) is 5.56 Å². The van der Waals surface area contributed by atoms with E-state index in [-0.39, 0.29) is 0 Å². The minimum absolute atomic E-state index is 0.613. The van der Waals surface area contributed by atoms with Crippen LogP contribution in [0.25, 0.3) is 0 Å². The van der Waals surface area contributed by atoms with E-state index in [9.17, 15) is 0 Å². The van der Waals surface area contributed by atoms with Crippen molar-refractivity contribution in [1.29, 1.82) is 5.26 Å². The number of hydrogen-bond acceptors (Lipinski definition) is 1. The van der Waals surface area contributed by atoms with Gasteiger partial charge >= 0.3 is 0 Å². The molecular formula is C14H21N. The molecule has 0 saturated carbocycles. The highest BCUT2D eigenvalue weighted by Crippen LogP contribution is 2.12. The molecule has 1 atom stereocenters. The number of nitrogens with zero attached hydrogens (tertiary/aromatic N) is 1. The van der Waals surface area contributed by atoms with Gasteiger partial charge in [-0.3, -0.25) is 0 Å². The molecule has 0 heterocycles. The minimum Gasteiger partial charge on any atom is -0.198 e. The van der Waals surface area contributed by atoms with Gasteiger partial charge in [-0.15, -0.1) is 0 Å². The third kappa shape index (κ3) is 6.74. The molecule has 0 aliphatic carbocycles. The van der Waals surface area contributed by atoms with Crippen LogP contribution in [-0.2, 0) is 6.42 Å². The van der Waals surface area contributed by atoms with Crippen molar-refractivity contribution < 1.29 is 0 Å². The lowest BCUT2D eigenvalue weighted by Crippen LogP contribution is -1.98. The Morgan fingerprint density at radius 3 is 2.33 bits per heavy atom. The van der Waals surface area contributed by atoms with E-state index < -0.39 is 0 Å². The molecule has 15 heavy (non-hydrogen) atoms. The van der Waals surface area contributed by atoms with E-state index >= 15 is 0 Å². The second kappa shape index (κ2) is 9.27. The molecule has 0 saturated heterocycles. The fourth-order valence-electron chi connectivity index (χ4n) is 1.43. The molecule has 0 aliphatic rings. The molecule has 1 nitrogen and oxygen atoms in total. The quantitative estimate of drug-likeness (QED) is 0.719. The predicted molar refractivity (Wildman–Crippen MR) is 65.5 cm³/mol. The first kappa shape index (κ1) is 13.7. The van der Waals surface area contributed by atoms with Gasteiger partial charge in [-0.05, 0) is 24.3 Å². The van der Waals surface area contributed by atoms with Crippen LogP contribution in [0.1, 0.15) is 39.2 Å². The Morgan fingerprint density at radius 1 is 1.20 bits per heavy atom. The van der Waals surface area contributed by atoms with Crippen molar-refractivity contribution in [1.82, 2.24) is 0 Å². The fraction of sp³-hybridized carbons (Fsp3) is 0.500. The third-order valence-corrected chi connectivity index (χ3v) is 2.18. The molecule has 1 aromatic rings. The Labute approximate surface area is 93.7 Å². The van der Waals surface area contributed by atoms with Crippen molar-refractivity contribution in [2.75, 3.05) is 0 Å². The lowest BCUT2D eigenvalue weighted by Gasteiger charge is -2.08. The van der Waals surface area contributed by atoms with Crippen molar-refractivity contribution in [2.24, 2.45) is 5.92 Å². The van der Waals surface area contributed by atoms with Gasteiger partial charge in [0.1, 0.15) is 0 Å². The molecule has 1 rings (SSSR count). The summed E-state index contributed by atoms with van der Waals surface area (Å²) in [5.74, 6) is 0.613. The molecule has 1 heteroatoms. The van der Waals surface area contributed by atoms with Crippen LogP contribution < -0.4 is 0 Å². The van der Waals surface area contributed by atoms with Crippen LogP contribution >= 0.6 is 0 Å². The topological polar surface area (TPSA) is 23.8 Å². The number of benzene rings is 1. The first-order valence-electron chi connectivity index (χ1n) is 5.74. The second-order valence-corrected chi connectivity index (χ2v) is 3.49. The normalized spacial score (nSPS) is 10.8. The summed E-state index contributed by atoms with van der Waals surface area (Å²) in [5.41, 5.74) is 1.37. The highest BCUT2D eigenvalue weighted by atomic mass is 14.2. The van der Waals surface area contributed by atoms with Gasteiger partial charge in [0.05, 0.1) is 6.07 Å². The summed E-state index contributed by atoms with van der Waals surface area (Å²) < 4.78 is 0. The van der Waals surface area contributed by atoms with Gasteiger partial charge in [0.25, 0.3) is 0 Å². The van der Waals surface area contributed by atoms with Gasteiger partial charge in [-0.2, -0.15) is 5.26 Å². The molecule has 1 aromatic carbocycles. The van der Waals surface area contributed by atoms with Crippen LogP contribution in [0.2, 0.25) is 0 Å². The first-order valence-corrected chi connectivity index (χ1v) is 5.74. The Hall–Kier alpha value is -1.29. The Kier molecular flexibility index (Phi) is 8.47. The highest BCUT2D eigenvalue weighted by molar-refractivity contribution is 5.15. The molecular weight excluding hydrogens is 182 g/mol. The molecule has 0 spiro atoms. The van der Waals surface area contributed by atoms with E-state index in [1.807, 2.05) is 19.9 Å². The average Bonchev–Trinajstić information content (AvgIpc) is 2.30. The van der Waals surface area contributed by atoms with Gasteiger partial charge in [0.2, 0.25) is 0 Å². The molecule has 0 fully saturated rings. The second-order valence-electron chi connectivity index (χ2n) is 3.49. The summed E-state index contributed by atoms with van der Waals surface area (Å²) >= 11 is 0. The van der Waals surface area contributed by atoms with Gasteiger partial charge in [-0.25, -0.2) is 0 Å². The van der Waals surface area contributed by atoms with Gasteiger partial charge in [0, 0.05) is 6.42 Å². The summed E-state index contributed by atoms with van der Waals surface area (Å²) in [6.45, 7) is 6.20. The van der Waals surface area contributed by atoms with E-state index in [2.05, 4.69) is 37.3 Å². The maximum absolute atomic E-state index is 8.43. The SMILES string of the molecule is CC.CC(CCC#N)Cc1ccccc1. The predicted octanol–water partition coefficient (Wildman–Crippen LogP) is 4.20.